The third kappa shape index (κ3) is 4.65. The van der Waals surface area contributed by atoms with Crippen LogP contribution in [0, 0.1) is 11.6 Å². The van der Waals surface area contributed by atoms with Gasteiger partial charge in [0, 0.05) is 12.0 Å². The lowest BCUT2D eigenvalue weighted by atomic mass is 10.1. The molecule has 0 atom stereocenters. The number of alkyl halides is 3. The van der Waals surface area contributed by atoms with E-state index in [4.69, 9.17) is 0 Å². The molecular formula is C20H14F5N3O3. The maximum Gasteiger partial charge on any atom is 0.573 e. The van der Waals surface area contributed by atoms with E-state index in [9.17, 15) is 31.5 Å². The first-order valence-corrected chi connectivity index (χ1v) is 9.17. The third-order valence-corrected chi connectivity index (χ3v) is 4.58. The molecule has 0 radical (unpaired) electrons. The molecule has 11 heteroatoms. The number of aromatic nitrogens is 2. The second-order valence-electron chi connectivity index (χ2n) is 7.07. The lowest BCUT2D eigenvalue weighted by molar-refractivity contribution is -0.274. The zero-order valence-corrected chi connectivity index (χ0v) is 15.7. The lowest BCUT2D eigenvalue weighted by Crippen LogP contribution is -2.37. The Balaban J connectivity index is 1.72. The molecule has 0 spiro atoms. The molecule has 6 nitrogen and oxygen atoms in total. The Hall–Kier alpha value is -3.50. The number of hydrogen-bond acceptors (Lipinski definition) is 4. The molecule has 162 valence electrons. The fraction of sp³-hybridized carbons (Fsp3) is 0.250. The van der Waals surface area contributed by atoms with Crippen LogP contribution in [0.3, 0.4) is 0 Å². The normalized spacial score (nSPS) is 14.0. The molecule has 0 aliphatic heterocycles. The summed E-state index contributed by atoms with van der Waals surface area (Å²) in [5, 5.41) is -0.191. The minimum atomic E-state index is -4.97. The summed E-state index contributed by atoms with van der Waals surface area (Å²) in [6, 6.07) is 6.12. The van der Waals surface area contributed by atoms with E-state index in [2.05, 4.69) is 15.1 Å². The highest BCUT2D eigenvalue weighted by atomic mass is 19.4. The SMILES string of the molecule is O=C(Cc1cc(F)cc(F)c1)Nn1c(C2CC2)nc2c(OC(F)(F)F)cccc2c1=O. The molecule has 3 aromatic rings. The number of para-hydroxylation sites is 1. The van der Waals surface area contributed by atoms with Crippen LogP contribution in [0.15, 0.2) is 41.2 Å². The zero-order valence-electron chi connectivity index (χ0n) is 15.7. The molecular weight excluding hydrogens is 425 g/mol. The van der Waals surface area contributed by atoms with E-state index >= 15 is 0 Å². The summed E-state index contributed by atoms with van der Waals surface area (Å²) in [5.74, 6) is -3.25. The molecule has 31 heavy (non-hydrogen) atoms. The minimum absolute atomic E-state index is 0.0469. The van der Waals surface area contributed by atoms with Crippen LogP contribution in [0.2, 0.25) is 0 Å². The predicted molar refractivity (Wildman–Crippen MR) is 99.1 cm³/mol. The number of nitrogens with one attached hydrogen (secondary N) is 1. The molecule has 0 bridgehead atoms. The van der Waals surface area contributed by atoms with Gasteiger partial charge in [0.05, 0.1) is 11.8 Å². The van der Waals surface area contributed by atoms with Gasteiger partial charge in [0.1, 0.15) is 23.0 Å². The highest BCUT2D eigenvalue weighted by Crippen LogP contribution is 2.39. The Morgan fingerprint density at radius 2 is 1.84 bits per heavy atom. The van der Waals surface area contributed by atoms with Gasteiger partial charge >= 0.3 is 6.36 Å². The number of benzene rings is 2. The third-order valence-electron chi connectivity index (χ3n) is 4.58. The molecule has 1 aliphatic carbocycles. The van der Waals surface area contributed by atoms with Gasteiger partial charge < -0.3 is 4.74 Å². The Morgan fingerprint density at radius 1 is 1.16 bits per heavy atom. The van der Waals surface area contributed by atoms with Crippen molar-refractivity contribution >= 4 is 16.8 Å². The average molecular weight is 439 g/mol. The zero-order chi connectivity index (χ0) is 22.3. The standard InChI is InChI=1S/C20H14F5N3O3/c21-12-6-10(7-13(22)9-12)8-16(29)27-28-18(11-4-5-11)26-17-14(19(28)30)2-1-3-15(17)31-20(23,24)25/h1-3,6-7,9,11H,4-5,8H2,(H,27,29). The van der Waals surface area contributed by atoms with E-state index in [1.54, 1.807) is 0 Å². The Labute approximate surface area is 171 Å². The summed E-state index contributed by atoms with van der Waals surface area (Å²) < 4.78 is 69.7. The predicted octanol–water partition coefficient (Wildman–Crippen LogP) is 3.76. The van der Waals surface area contributed by atoms with Gasteiger partial charge in [-0.15, -0.1) is 13.2 Å². The van der Waals surface area contributed by atoms with Crippen molar-refractivity contribution in [3.63, 3.8) is 0 Å². The number of carbonyl (C=O) groups excluding carboxylic acids is 1. The van der Waals surface area contributed by atoms with E-state index in [0.717, 1.165) is 22.9 Å². The molecule has 1 heterocycles. The van der Waals surface area contributed by atoms with Crippen LogP contribution in [0.25, 0.3) is 10.9 Å². The molecule has 1 saturated carbocycles. The van der Waals surface area contributed by atoms with Gasteiger partial charge in [-0.25, -0.2) is 18.4 Å². The van der Waals surface area contributed by atoms with Crippen molar-refractivity contribution in [3.05, 3.63) is 69.8 Å². The van der Waals surface area contributed by atoms with Crippen LogP contribution < -0.4 is 15.7 Å². The van der Waals surface area contributed by atoms with Crippen LogP contribution in [0.4, 0.5) is 22.0 Å². The largest absolute Gasteiger partial charge is 0.573 e. The highest BCUT2D eigenvalue weighted by Gasteiger charge is 2.34. The molecule has 2 aromatic carbocycles. The van der Waals surface area contributed by atoms with Gasteiger partial charge in [-0.3, -0.25) is 15.0 Å². The number of amides is 1. The van der Waals surface area contributed by atoms with E-state index in [1.807, 2.05) is 0 Å². The molecule has 1 aromatic heterocycles. The van der Waals surface area contributed by atoms with Crippen molar-refractivity contribution < 1.29 is 31.5 Å². The monoisotopic (exact) mass is 439 g/mol. The summed E-state index contributed by atoms with van der Waals surface area (Å²) in [6.45, 7) is 0. The summed E-state index contributed by atoms with van der Waals surface area (Å²) >= 11 is 0. The first-order chi connectivity index (χ1) is 14.6. The Morgan fingerprint density at radius 3 is 2.45 bits per heavy atom. The smallest absolute Gasteiger partial charge is 0.403 e. The van der Waals surface area contributed by atoms with E-state index in [1.165, 1.54) is 12.1 Å². The number of fused-ring (bicyclic) bond motifs is 1. The lowest BCUT2D eigenvalue weighted by Gasteiger charge is -2.16. The molecule has 1 fully saturated rings. The maximum atomic E-state index is 13.3. The number of ether oxygens (including phenoxy) is 1. The van der Waals surface area contributed by atoms with Crippen LogP contribution in [-0.4, -0.2) is 21.9 Å². The number of carbonyl (C=O) groups is 1. The van der Waals surface area contributed by atoms with Gasteiger partial charge in [0.2, 0.25) is 5.91 Å². The topological polar surface area (TPSA) is 73.2 Å². The van der Waals surface area contributed by atoms with Gasteiger partial charge in [0.15, 0.2) is 5.75 Å². The van der Waals surface area contributed by atoms with Crippen molar-refractivity contribution in [1.29, 1.82) is 0 Å². The minimum Gasteiger partial charge on any atom is -0.403 e. The summed E-state index contributed by atoms with van der Waals surface area (Å²) in [6.07, 6.45) is -4.14. The fourth-order valence-electron chi connectivity index (χ4n) is 3.19. The average Bonchev–Trinajstić information content (AvgIpc) is 3.47. The van der Waals surface area contributed by atoms with Crippen molar-refractivity contribution in [1.82, 2.24) is 9.66 Å². The second kappa shape index (κ2) is 7.64. The van der Waals surface area contributed by atoms with Crippen molar-refractivity contribution in [2.75, 3.05) is 5.43 Å². The summed E-state index contributed by atoms with van der Waals surface area (Å²) in [4.78, 5) is 29.5. The second-order valence-corrected chi connectivity index (χ2v) is 7.07. The van der Waals surface area contributed by atoms with Crippen LogP contribution in [0.5, 0.6) is 5.75 Å². The van der Waals surface area contributed by atoms with Gasteiger partial charge in [-0.1, -0.05) is 6.07 Å². The quantitative estimate of drug-likeness (QED) is 0.615. The summed E-state index contributed by atoms with van der Waals surface area (Å²) in [7, 11) is 0. The van der Waals surface area contributed by atoms with Gasteiger partial charge in [0.25, 0.3) is 5.56 Å². The van der Waals surface area contributed by atoms with E-state index < -0.39 is 41.6 Å². The number of rotatable bonds is 5. The van der Waals surface area contributed by atoms with Gasteiger partial charge in [-0.2, -0.15) is 0 Å². The van der Waals surface area contributed by atoms with Crippen LogP contribution in [0.1, 0.15) is 30.1 Å². The molecule has 1 aliphatic rings. The Kier molecular flexibility index (Phi) is 5.11. The Bertz CT molecular complexity index is 1210. The van der Waals surface area contributed by atoms with Crippen LogP contribution in [-0.2, 0) is 11.2 Å². The van der Waals surface area contributed by atoms with E-state index in [-0.39, 0.29) is 28.2 Å². The van der Waals surface area contributed by atoms with Crippen LogP contribution >= 0.6 is 0 Å². The van der Waals surface area contributed by atoms with Crippen molar-refractivity contribution in [2.24, 2.45) is 0 Å². The molecule has 1 N–H and O–H groups in total. The number of halogens is 5. The number of hydrogen-bond donors (Lipinski definition) is 1. The highest BCUT2D eigenvalue weighted by molar-refractivity contribution is 5.87. The van der Waals surface area contributed by atoms with E-state index in [0.29, 0.717) is 18.9 Å². The summed E-state index contributed by atoms with van der Waals surface area (Å²) in [5.41, 5.74) is 1.32. The van der Waals surface area contributed by atoms with Crippen molar-refractivity contribution in [2.45, 2.75) is 31.5 Å². The fourth-order valence-corrected chi connectivity index (χ4v) is 3.19. The van der Waals surface area contributed by atoms with Crippen molar-refractivity contribution in [3.8, 4) is 5.75 Å². The first-order valence-electron chi connectivity index (χ1n) is 9.17. The molecule has 4 rings (SSSR count). The van der Waals surface area contributed by atoms with Gasteiger partial charge in [-0.05, 0) is 42.7 Å². The molecule has 1 amide bonds. The molecule has 0 unspecified atom stereocenters. The maximum absolute atomic E-state index is 13.3. The molecule has 0 saturated heterocycles. The first kappa shape index (κ1) is 20.8. The number of nitrogens with zero attached hydrogens (tertiary/aromatic N) is 2.